The Morgan fingerprint density at radius 1 is 1.14 bits per heavy atom. The maximum atomic E-state index is 15.3. The fraction of sp³-hybridized carbons (Fsp3) is 0.241. The molecule has 4 heterocycles. The third-order valence-electron chi connectivity index (χ3n) is 7.45. The Kier molecular flexibility index (Phi) is 5.71. The molecule has 1 atom stereocenters. The lowest BCUT2D eigenvalue weighted by Gasteiger charge is -2.35. The summed E-state index contributed by atoms with van der Waals surface area (Å²) in [5.74, 6) is 1.60. The molecule has 2 aromatic carbocycles. The van der Waals surface area contributed by atoms with Gasteiger partial charge in [-0.2, -0.15) is 15.1 Å². The van der Waals surface area contributed by atoms with Gasteiger partial charge in [0.2, 0.25) is 0 Å². The zero-order chi connectivity index (χ0) is 25.7. The van der Waals surface area contributed by atoms with Crippen LogP contribution in [0.25, 0.3) is 23.0 Å². The minimum atomic E-state index is -1.08. The van der Waals surface area contributed by atoms with Crippen molar-refractivity contribution in [3.05, 3.63) is 88.9 Å². The van der Waals surface area contributed by atoms with Gasteiger partial charge in [0.15, 0.2) is 5.65 Å². The SMILES string of the molecule is CC1c2ccccc2CCN1C(=O)c1cc(S2(C)CC2)n2nc(-c3cccc(/C=C/C=O)c3F)cc2n1. The number of nitrogens with zero attached hydrogens (tertiary/aromatic N) is 4. The highest BCUT2D eigenvalue weighted by atomic mass is 32.3. The second-order valence-electron chi connectivity index (χ2n) is 9.79. The molecule has 37 heavy (non-hydrogen) atoms. The second kappa shape index (κ2) is 8.95. The van der Waals surface area contributed by atoms with Crippen molar-refractivity contribution in [1.29, 1.82) is 0 Å². The highest BCUT2D eigenvalue weighted by Crippen LogP contribution is 2.64. The van der Waals surface area contributed by atoms with Gasteiger partial charge in [0.25, 0.3) is 5.91 Å². The van der Waals surface area contributed by atoms with Gasteiger partial charge in [-0.3, -0.25) is 9.59 Å². The predicted molar refractivity (Wildman–Crippen MR) is 145 cm³/mol. The summed E-state index contributed by atoms with van der Waals surface area (Å²) < 4.78 is 17.1. The smallest absolute Gasteiger partial charge is 0.273 e. The van der Waals surface area contributed by atoms with Crippen molar-refractivity contribution >= 4 is 33.9 Å². The number of carbonyl (C=O) groups excluding carboxylic acids is 2. The van der Waals surface area contributed by atoms with E-state index in [1.807, 2.05) is 23.1 Å². The largest absolute Gasteiger partial charge is 0.330 e. The van der Waals surface area contributed by atoms with Gasteiger partial charge >= 0.3 is 0 Å². The molecule has 4 aromatic rings. The summed E-state index contributed by atoms with van der Waals surface area (Å²) in [4.78, 5) is 31.1. The van der Waals surface area contributed by atoms with E-state index in [2.05, 4.69) is 25.3 Å². The van der Waals surface area contributed by atoms with Crippen LogP contribution in [0.3, 0.4) is 0 Å². The van der Waals surface area contributed by atoms with Gasteiger partial charge in [-0.05, 0) is 60.5 Å². The average Bonchev–Trinajstić information content (AvgIpc) is 3.51. The Bertz CT molecular complexity index is 1590. The van der Waals surface area contributed by atoms with Crippen molar-refractivity contribution in [1.82, 2.24) is 19.5 Å². The fourth-order valence-electron chi connectivity index (χ4n) is 5.09. The lowest BCUT2D eigenvalue weighted by Crippen LogP contribution is -2.39. The second-order valence-corrected chi connectivity index (χ2v) is 13.6. The van der Waals surface area contributed by atoms with Crippen molar-refractivity contribution in [2.75, 3.05) is 24.3 Å². The number of amides is 1. The number of rotatable bonds is 5. The van der Waals surface area contributed by atoms with E-state index in [0.29, 0.717) is 41.0 Å². The van der Waals surface area contributed by atoms with Gasteiger partial charge in [0.05, 0.1) is 16.8 Å². The summed E-state index contributed by atoms with van der Waals surface area (Å²) in [7, 11) is -1.08. The zero-order valence-electron chi connectivity index (χ0n) is 20.7. The molecule has 0 radical (unpaired) electrons. The monoisotopic (exact) mass is 514 g/mol. The molecule has 1 fully saturated rings. The van der Waals surface area contributed by atoms with Crippen LogP contribution in [0, 0.1) is 5.82 Å². The van der Waals surface area contributed by atoms with Crippen LogP contribution in [-0.4, -0.2) is 56.0 Å². The van der Waals surface area contributed by atoms with E-state index >= 15 is 4.39 Å². The molecule has 8 heteroatoms. The Hall–Kier alpha value is -3.78. The highest BCUT2D eigenvalue weighted by molar-refractivity contribution is 8.38. The van der Waals surface area contributed by atoms with Crippen molar-refractivity contribution in [2.24, 2.45) is 0 Å². The summed E-state index contributed by atoms with van der Waals surface area (Å²) in [6.45, 7) is 2.70. The number of aromatic nitrogens is 3. The molecule has 1 saturated heterocycles. The first-order chi connectivity index (χ1) is 17.9. The number of fused-ring (bicyclic) bond motifs is 2. The maximum Gasteiger partial charge on any atom is 0.273 e. The van der Waals surface area contributed by atoms with E-state index in [1.165, 1.54) is 23.3 Å². The molecule has 0 spiro atoms. The fourth-order valence-corrected chi connectivity index (χ4v) is 7.46. The molecule has 1 amide bonds. The third kappa shape index (κ3) is 4.05. The molecule has 188 valence electrons. The predicted octanol–water partition coefficient (Wildman–Crippen LogP) is 5.31. The number of hydrogen-bond donors (Lipinski definition) is 0. The van der Waals surface area contributed by atoms with Crippen LogP contribution < -0.4 is 0 Å². The molecule has 6 nitrogen and oxygen atoms in total. The van der Waals surface area contributed by atoms with Crippen LogP contribution in [0.4, 0.5) is 4.39 Å². The molecule has 0 bridgehead atoms. The molecular formula is C29H27FN4O2S. The number of aldehydes is 1. The van der Waals surface area contributed by atoms with Gasteiger partial charge in [-0.25, -0.2) is 13.9 Å². The summed E-state index contributed by atoms with van der Waals surface area (Å²) >= 11 is 0. The number of allylic oxidation sites excluding steroid dienone is 1. The third-order valence-corrected chi connectivity index (χ3v) is 10.4. The lowest BCUT2D eigenvalue weighted by atomic mass is 9.93. The van der Waals surface area contributed by atoms with Crippen molar-refractivity contribution < 1.29 is 14.0 Å². The minimum absolute atomic E-state index is 0.0421. The Morgan fingerprint density at radius 3 is 2.73 bits per heavy atom. The summed E-state index contributed by atoms with van der Waals surface area (Å²) in [6.07, 6.45) is 6.38. The Balaban J connectivity index is 1.43. The minimum Gasteiger partial charge on any atom is -0.330 e. The standard InChI is InChI=1S/C29H27FN4O2S/c1-19-22-10-4-3-7-20(22)12-13-33(19)29(36)25-18-27(37(2)15-16-37)34-26(31-25)17-24(32-34)23-11-5-8-21(28(23)30)9-6-14-35/h3-11,14,17-19H,12-13,15-16H2,1-2H3/b9-6+. The van der Waals surface area contributed by atoms with Gasteiger partial charge in [0, 0.05) is 29.8 Å². The zero-order valence-corrected chi connectivity index (χ0v) is 21.5. The summed E-state index contributed by atoms with van der Waals surface area (Å²) in [5, 5.41) is 5.74. The Morgan fingerprint density at radius 2 is 1.95 bits per heavy atom. The average molecular weight is 515 g/mol. The van der Waals surface area contributed by atoms with Crippen LogP contribution in [0.5, 0.6) is 0 Å². The van der Waals surface area contributed by atoms with Gasteiger partial charge in [0.1, 0.15) is 17.8 Å². The first-order valence-corrected chi connectivity index (χ1v) is 14.7. The summed E-state index contributed by atoms with van der Waals surface area (Å²) in [5.41, 5.74) is 4.49. The van der Waals surface area contributed by atoms with Crippen molar-refractivity contribution in [3.63, 3.8) is 0 Å². The number of halogens is 1. The van der Waals surface area contributed by atoms with E-state index in [0.717, 1.165) is 23.0 Å². The normalized spacial score (nSPS) is 19.1. The quantitative estimate of drug-likeness (QED) is 0.157. The molecule has 0 N–H and O–H groups in total. The number of benzene rings is 2. The van der Waals surface area contributed by atoms with E-state index in [1.54, 1.807) is 28.8 Å². The van der Waals surface area contributed by atoms with Crippen molar-refractivity contribution in [2.45, 2.75) is 24.4 Å². The van der Waals surface area contributed by atoms with Gasteiger partial charge in [-0.15, -0.1) is 0 Å². The molecule has 2 aromatic heterocycles. The number of hydrogen-bond acceptors (Lipinski definition) is 4. The highest BCUT2D eigenvalue weighted by Gasteiger charge is 2.38. The number of carbonyl (C=O) groups is 2. The van der Waals surface area contributed by atoms with E-state index in [4.69, 9.17) is 10.1 Å². The topological polar surface area (TPSA) is 67.6 Å². The van der Waals surface area contributed by atoms with Crippen LogP contribution >= 0.6 is 10.0 Å². The van der Waals surface area contributed by atoms with Crippen LogP contribution in [-0.2, 0) is 11.2 Å². The molecule has 1 unspecified atom stereocenters. The van der Waals surface area contributed by atoms with Gasteiger partial charge < -0.3 is 4.90 Å². The van der Waals surface area contributed by atoms with Crippen LogP contribution in [0.2, 0.25) is 0 Å². The molecule has 0 aliphatic carbocycles. The van der Waals surface area contributed by atoms with Crippen LogP contribution in [0.15, 0.2) is 65.7 Å². The molecular weight excluding hydrogens is 487 g/mol. The van der Waals surface area contributed by atoms with E-state index in [9.17, 15) is 9.59 Å². The lowest BCUT2D eigenvalue weighted by molar-refractivity contribution is -0.104. The Labute approximate surface area is 216 Å². The molecule has 2 aliphatic heterocycles. The molecule has 2 aliphatic rings. The molecule has 6 rings (SSSR count). The first kappa shape index (κ1) is 23.6. The van der Waals surface area contributed by atoms with Gasteiger partial charge in [-0.1, -0.05) is 36.4 Å². The van der Waals surface area contributed by atoms with E-state index < -0.39 is 15.8 Å². The summed E-state index contributed by atoms with van der Waals surface area (Å²) in [6, 6.07) is 16.9. The molecule has 0 saturated carbocycles. The maximum absolute atomic E-state index is 15.3. The first-order valence-electron chi connectivity index (χ1n) is 12.3. The van der Waals surface area contributed by atoms with E-state index in [-0.39, 0.29) is 11.9 Å². The van der Waals surface area contributed by atoms with Crippen LogP contribution in [0.1, 0.15) is 40.1 Å². The van der Waals surface area contributed by atoms with Crippen molar-refractivity contribution in [3.8, 4) is 11.3 Å².